The highest BCUT2D eigenvalue weighted by molar-refractivity contribution is 8.45. The maximum absolute atomic E-state index is 13.0. The molecule has 1 heterocycles. The maximum Gasteiger partial charge on any atom is 0.310 e. The summed E-state index contributed by atoms with van der Waals surface area (Å²) in [5.74, 6) is -1.94. The molecule has 2 rings (SSSR count). The van der Waals surface area contributed by atoms with Crippen molar-refractivity contribution in [1.29, 1.82) is 5.26 Å². The van der Waals surface area contributed by atoms with Crippen molar-refractivity contribution in [1.82, 2.24) is 9.78 Å². The summed E-state index contributed by atoms with van der Waals surface area (Å²) in [6, 6.07) is 1.60. The van der Waals surface area contributed by atoms with Crippen LogP contribution in [0.25, 0.3) is 5.69 Å². The van der Waals surface area contributed by atoms with Crippen LogP contribution < -0.4 is 5.73 Å². The molecular formula is C13H8Cl3F5N4OS. The van der Waals surface area contributed by atoms with E-state index in [2.05, 4.69) is 5.10 Å². The molecule has 14 heteroatoms. The van der Waals surface area contributed by atoms with E-state index in [0.29, 0.717) is 4.68 Å². The Morgan fingerprint density at radius 1 is 1.22 bits per heavy atom. The van der Waals surface area contributed by atoms with Crippen LogP contribution in [0.3, 0.4) is 0 Å². The Bertz CT molecular complexity index is 993. The van der Waals surface area contributed by atoms with Crippen LogP contribution in [-0.2, 0) is 4.79 Å². The summed E-state index contributed by atoms with van der Waals surface area (Å²) < 4.78 is 65.6. The number of nitrogens with zero attached hydrogens (tertiary/aromatic N) is 3. The van der Waals surface area contributed by atoms with Gasteiger partial charge >= 0.3 is 10.2 Å². The number of rotatable bonds is 4. The summed E-state index contributed by atoms with van der Waals surface area (Å²) in [5.41, 5.74) is 4.21. The minimum absolute atomic E-state index is 0.0223. The van der Waals surface area contributed by atoms with E-state index in [1.807, 2.05) is 0 Å². The predicted molar refractivity (Wildman–Crippen MR) is 92.3 cm³/mol. The average molecular weight is 470 g/mol. The zero-order valence-corrected chi connectivity index (χ0v) is 16.1. The minimum Gasteiger partial charge on any atom is -0.369 e. The second kappa shape index (κ2) is 5.88. The van der Waals surface area contributed by atoms with Gasteiger partial charge in [-0.25, -0.2) is 4.68 Å². The number of benzene rings is 1. The zero-order chi connectivity index (χ0) is 21.0. The van der Waals surface area contributed by atoms with Gasteiger partial charge in [-0.1, -0.05) is 54.2 Å². The number of carbonyl (C=O) groups excluding carboxylic acids is 1. The van der Waals surface area contributed by atoms with E-state index in [9.17, 15) is 24.2 Å². The van der Waals surface area contributed by atoms with Crippen LogP contribution in [0, 0.1) is 11.3 Å². The molecular weight excluding hydrogens is 462 g/mol. The minimum atomic E-state index is -10.0. The van der Waals surface area contributed by atoms with Crippen LogP contribution in [-0.4, -0.2) is 15.7 Å². The van der Waals surface area contributed by atoms with E-state index in [1.165, 1.54) is 6.92 Å². The molecule has 0 spiro atoms. The van der Waals surface area contributed by atoms with Crippen LogP contribution in [0.5, 0.6) is 0 Å². The van der Waals surface area contributed by atoms with Crippen molar-refractivity contribution in [2.75, 3.05) is 0 Å². The number of hydrogen-bond donors (Lipinski definition) is 1. The Labute approximate surface area is 164 Å². The molecule has 0 fully saturated rings. The van der Waals surface area contributed by atoms with Crippen LogP contribution in [0.15, 0.2) is 17.0 Å². The Kier molecular flexibility index (Phi) is 4.69. The van der Waals surface area contributed by atoms with Gasteiger partial charge in [0.1, 0.15) is 21.8 Å². The number of aromatic nitrogens is 2. The summed E-state index contributed by atoms with van der Waals surface area (Å²) in [7, 11) is -10.0. The first-order valence-corrected chi connectivity index (χ1v) is 9.77. The molecule has 27 heavy (non-hydrogen) atoms. The highest BCUT2D eigenvalue weighted by Crippen LogP contribution is 3.02. The lowest BCUT2D eigenvalue weighted by molar-refractivity contribution is -0.119. The van der Waals surface area contributed by atoms with Crippen LogP contribution in [0.4, 0.5) is 19.4 Å². The van der Waals surface area contributed by atoms with E-state index < -0.39 is 42.7 Å². The highest BCUT2D eigenvalue weighted by Gasteiger charge is 2.65. The second-order valence-electron chi connectivity index (χ2n) is 5.41. The lowest BCUT2D eigenvalue weighted by Gasteiger charge is -2.40. The van der Waals surface area contributed by atoms with Gasteiger partial charge in [-0.15, -0.1) is 0 Å². The molecule has 0 bridgehead atoms. The number of nitriles is 1. The smallest absolute Gasteiger partial charge is 0.310 e. The topological polar surface area (TPSA) is 84.7 Å². The van der Waals surface area contributed by atoms with Gasteiger partial charge in [-0.05, 0) is 19.1 Å². The number of hydrogen-bond acceptors (Lipinski definition) is 3. The van der Waals surface area contributed by atoms with Gasteiger partial charge in [0.25, 0.3) is 0 Å². The van der Waals surface area contributed by atoms with Gasteiger partial charge < -0.3 is 5.73 Å². The van der Waals surface area contributed by atoms with Gasteiger partial charge in [-0.3, -0.25) is 4.79 Å². The summed E-state index contributed by atoms with van der Waals surface area (Å²) in [5, 5.41) is 10.8. The normalized spacial score (nSPS) is 15.6. The Morgan fingerprint density at radius 3 is 2.07 bits per heavy atom. The molecule has 1 unspecified atom stereocenters. The molecule has 148 valence electrons. The number of halogens is 8. The quantitative estimate of drug-likeness (QED) is 0.562. The van der Waals surface area contributed by atoms with E-state index in [0.717, 1.165) is 0 Å². The zero-order valence-electron chi connectivity index (χ0n) is 13.0. The largest absolute Gasteiger partial charge is 0.369 e. The molecule has 2 N–H and O–H groups in total. The molecule has 0 saturated carbocycles. The van der Waals surface area contributed by atoms with Crippen LogP contribution >= 0.6 is 45.0 Å². The Balaban J connectivity index is 2.79. The molecule has 1 aromatic heterocycles. The second-order valence-corrected chi connectivity index (χ2v) is 8.99. The van der Waals surface area contributed by atoms with Crippen molar-refractivity contribution in [2.24, 2.45) is 5.73 Å². The van der Waals surface area contributed by atoms with Crippen LogP contribution in [0.1, 0.15) is 24.1 Å². The SMILES string of the molecule is CC(C(N)=O)c1c(C#N)nn(-c2c(Cl)cc(S(F)(F)(F)(F)F)cc2Cl)c1Cl. The van der Waals surface area contributed by atoms with Crippen molar-refractivity contribution in [3.8, 4) is 11.8 Å². The third-order valence-corrected chi connectivity index (χ3v) is 5.54. The molecule has 1 amide bonds. The van der Waals surface area contributed by atoms with Crippen LogP contribution in [0.2, 0.25) is 15.2 Å². The molecule has 0 aliphatic rings. The summed E-state index contributed by atoms with van der Waals surface area (Å²) in [4.78, 5) is 9.08. The fourth-order valence-electron chi connectivity index (χ4n) is 2.13. The van der Waals surface area contributed by atoms with Gasteiger partial charge in [-0.2, -0.15) is 10.4 Å². The predicted octanol–water partition coefficient (Wildman–Crippen LogP) is 5.95. The molecule has 1 atom stereocenters. The Morgan fingerprint density at radius 2 is 1.70 bits per heavy atom. The number of primary amides is 1. The molecule has 5 nitrogen and oxygen atoms in total. The first-order valence-electron chi connectivity index (χ1n) is 6.69. The first kappa shape index (κ1) is 21.6. The van der Waals surface area contributed by atoms with E-state index in [4.69, 9.17) is 45.8 Å². The lowest BCUT2D eigenvalue weighted by atomic mass is 10.0. The summed E-state index contributed by atoms with van der Waals surface area (Å²) in [6.07, 6.45) is 0. The van der Waals surface area contributed by atoms with Crippen molar-refractivity contribution in [2.45, 2.75) is 17.7 Å². The van der Waals surface area contributed by atoms with Gasteiger partial charge in [0.05, 0.1) is 16.0 Å². The number of nitrogens with two attached hydrogens (primary N) is 1. The lowest BCUT2D eigenvalue weighted by Crippen LogP contribution is -2.19. The van der Waals surface area contributed by atoms with Gasteiger partial charge in [0, 0.05) is 5.56 Å². The van der Waals surface area contributed by atoms with Crippen molar-refractivity contribution >= 4 is 50.9 Å². The van der Waals surface area contributed by atoms with Gasteiger partial charge in [0.15, 0.2) is 5.69 Å². The van der Waals surface area contributed by atoms with Crippen molar-refractivity contribution < 1.29 is 24.2 Å². The fourth-order valence-corrected chi connectivity index (χ4v) is 3.97. The molecule has 0 radical (unpaired) electrons. The fraction of sp³-hybridized carbons (Fsp3) is 0.154. The monoisotopic (exact) mass is 468 g/mol. The maximum atomic E-state index is 13.0. The summed E-state index contributed by atoms with van der Waals surface area (Å²) >= 11 is 17.5. The molecule has 0 aliphatic carbocycles. The van der Waals surface area contributed by atoms with E-state index in [1.54, 1.807) is 6.07 Å². The van der Waals surface area contributed by atoms with E-state index in [-0.39, 0.29) is 28.5 Å². The Hall–Kier alpha value is -1.74. The molecule has 0 aliphatic heterocycles. The van der Waals surface area contributed by atoms with E-state index >= 15 is 0 Å². The van der Waals surface area contributed by atoms with Crippen molar-refractivity contribution in [3.63, 3.8) is 0 Å². The van der Waals surface area contributed by atoms with Gasteiger partial charge in [0.2, 0.25) is 5.91 Å². The molecule has 1 aromatic carbocycles. The third-order valence-electron chi connectivity index (χ3n) is 3.48. The first-order chi connectivity index (χ1) is 12.0. The average Bonchev–Trinajstić information content (AvgIpc) is 2.80. The molecule has 2 aromatic rings. The number of amides is 1. The number of carbonyl (C=O) groups is 1. The third kappa shape index (κ3) is 4.08. The highest BCUT2D eigenvalue weighted by atomic mass is 35.5. The van der Waals surface area contributed by atoms with Crippen molar-refractivity contribution in [3.05, 3.63) is 38.6 Å². The molecule has 0 saturated heterocycles. The summed E-state index contributed by atoms with van der Waals surface area (Å²) in [6.45, 7) is 1.32. The standard InChI is InChI=1S/C13H8Cl3F5N4OS/c1-5(13(23)26)10-9(4-22)24-25(12(10)16)11-7(14)2-6(3-8(11)15)27(17,18,19,20)21/h2-3,5H,1H3,(H2,23,26).